The Kier molecular flexibility index (Phi) is 3.31. The third kappa shape index (κ3) is 2.65. The molecule has 0 saturated carbocycles. The molecule has 2 aromatic rings. The van der Waals surface area contributed by atoms with Crippen LogP contribution in [0.4, 0.5) is 0 Å². The summed E-state index contributed by atoms with van der Waals surface area (Å²) in [6.07, 6.45) is 2.72. The minimum atomic E-state index is 0.0286. The van der Waals surface area contributed by atoms with Crippen molar-refractivity contribution < 1.29 is 0 Å². The van der Waals surface area contributed by atoms with Crippen LogP contribution < -0.4 is 5.73 Å². The van der Waals surface area contributed by atoms with E-state index in [9.17, 15) is 0 Å². The Morgan fingerprint density at radius 3 is 2.56 bits per heavy atom. The van der Waals surface area contributed by atoms with Crippen LogP contribution in [-0.4, -0.2) is 9.97 Å². The van der Waals surface area contributed by atoms with Gasteiger partial charge in [0.1, 0.15) is 0 Å². The minimum absolute atomic E-state index is 0.0286. The first kappa shape index (κ1) is 11.2. The summed E-state index contributed by atoms with van der Waals surface area (Å²) in [5, 5.41) is 0. The van der Waals surface area contributed by atoms with Crippen LogP contribution in [0.15, 0.2) is 23.8 Å². The summed E-state index contributed by atoms with van der Waals surface area (Å²) >= 11 is 1.65. The Balaban J connectivity index is 2.17. The average Bonchev–Trinajstić information content (AvgIpc) is 2.68. The fourth-order valence-corrected chi connectivity index (χ4v) is 2.41. The quantitative estimate of drug-likeness (QED) is 0.885. The Morgan fingerprint density at radius 2 is 2.00 bits per heavy atom. The molecule has 0 aliphatic carbocycles. The molecule has 0 aliphatic heterocycles. The molecule has 16 heavy (non-hydrogen) atoms. The molecule has 0 radical (unpaired) electrons. The summed E-state index contributed by atoms with van der Waals surface area (Å²) in [7, 11) is 0. The largest absolute Gasteiger partial charge is 0.324 e. The summed E-state index contributed by atoms with van der Waals surface area (Å²) in [5.74, 6) is 0. The second-order valence-corrected chi connectivity index (χ2v) is 4.93. The lowest BCUT2D eigenvalue weighted by atomic mass is 10.0. The lowest BCUT2D eigenvalue weighted by Gasteiger charge is -2.12. The molecule has 0 saturated heterocycles. The van der Waals surface area contributed by atoms with Crippen molar-refractivity contribution in [2.24, 2.45) is 5.73 Å². The van der Waals surface area contributed by atoms with Crippen molar-refractivity contribution >= 4 is 11.3 Å². The van der Waals surface area contributed by atoms with Gasteiger partial charge in [-0.15, -0.1) is 11.3 Å². The van der Waals surface area contributed by atoms with Gasteiger partial charge in [0.05, 0.1) is 5.51 Å². The molecule has 0 aromatic carbocycles. The van der Waals surface area contributed by atoms with E-state index >= 15 is 0 Å². The number of hydrogen-bond donors (Lipinski definition) is 1. The second-order valence-electron chi connectivity index (χ2n) is 3.96. The molecule has 0 fully saturated rings. The van der Waals surface area contributed by atoms with Crippen molar-refractivity contribution in [1.29, 1.82) is 0 Å². The van der Waals surface area contributed by atoms with Crippen molar-refractivity contribution in [3.8, 4) is 0 Å². The summed E-state index contributed by atoms with van der Waals surface area (Å²) in [6, 6.07) is 4.14. The summed E-state index contributed by atoms with van der Waals surface area (Å²) in [5.41, 5.74) is 11.2. The van der Waals surface area contributed by atoms with Crippen LogP contribution in [0.1, 0.15) is 27.9 Å². The van der Waals surface area contributed by atoms with Gasteiger partial charge in [0, 0.05) is 34.9 Å². The normalized spacial score (nSPS) is 12.7. The molecule has 0 amide bonds. The highest BCUT2D eigenvalue weighted by Gasteiger charge is 2.09. The van der Waals surface area contributed by atoms with E-state index < -0.39 is 0 Å². The molecule has 3 nitrogen and oxygen atoms in total. The molecule has 2 heterocycles. The highest BCUT2D eigenvalue weighted by Crippen LogP contribution is 2.19. The fourth-order valence-electron chi connectivity index (χ4n) is 1.76. The van der Waals surface area contributed by atoms with Crippen LogP contribution in [0.2, 0.25) is 0 Å². The van der Waals surface area contributed by atoms with E-state index in [1.54, 1.807) is 11.3 Å². The SMILES string of the molecule is Cc1cc(C(N)Cc2cncs2)cc(C)n1. The van der Waals surface area contributed by atoms with Gasteiger partial charge in [-0.25, -0.2) is 0 Å². The molecular weight excluding hydrogens is 218 g/mol. The lowest BCUT2D eigenvalue weighted by Crippen LogP contribution is -2.13. The van der Waals surface area contributed by atoms with E-state index in [1.165, 1.54) is 4.88 Å². The highest BCUT2D eigenvalue weighted by atomic mass is 32.1. The summed E-state index contributed by atoms with van der Waals surface area (Å²) < 4.78 is 0. The third-order valence-electron chi connectivity index (χ3n) is 2.44. The van der Waals surface area contributed by atoms with Gasteiger partial charge >= 0.3 is 0 Å². The number of nitrogens with two attached hydrogens (primary N) is 1. The number of aromatic nitrogens is 2. The van der Waals surface area contributed by atoms with Gasteiger partial charge in [0.25, 0.3) is 0 Å². The van der Waals surface area contributed by atoms with Gasteiger partial charge in [-0.3, -0.25) is 9.97 Å². The zero-order valence-corrected chi connectivity index (χ0v) is 10.3. The van der Waals surface area contributed by atoms with Crippen molar-refractivity contribution in [3.63, 3.8) is 0 Å². The molecule has 2 N–H and O–H groups in total. The number of pyridine rings is 1. The molecular formula is C12H15N3S. The van der Waals surface area contributed by atoms with Gasteiger partial charge in [0.2, 0.25) is 0 Å². The van der Waals surface area contributed by atoms with Crippen LogP contribution in [0.5, 0.6) is 0 Å². The van der Waals surface area contributed by atoms with Crippen molar-refractivity contribution in [2.45, 2.75) is 26.3 Å². The predicted octanol–water partition coefficient (Wildman–Crippen LogP) is 2.40. The van der Waals surface area contributed by atoms with E-state index in [0.29, 0.717) is 0 Å². The Bertz CT molecular complexity index is 445. The van der Waals surface area contributed by atoms with E-state index in [2.05, 4.69) is 22.1 Å². The molecule has 1 atom stereocenters. The van der Waals surface area contributed by atoms with Crippen molar-refractivity contribution in [2.75, 3.05) is 0 Å². The van der Waals surface area contributed by atoms with Crippen LogP contribution >= 0.6 is 11.3 Å². The maximum Gasteiger partial charge on any atom is 0.0794 e. The maximum atomic E-state index is 6.18. The zero-order valence-electron chi connectivity index (χ0n) is 9.47. The first-order chi connectivity index (χ1) is 7.65. The van der Waals surface area contributed by atoms with E-state index in [1.807, 2.05) is 25.6 Å². The van der Waals surface area contributed by atoms with Crippen molar-refractivity contribution in [1.82, 2.24) is 9.97 Å². The summed E-state index contributed by atoms with van der Waals surface area (Å²) in [6.45, 7) is 3.99. The maximum absolute atomic E-state index is 6.18. The van der Waals surface area contributed by atoms with Gasteiger partial charge in [0.15, 0.2) is 0 Å². The number of aryl methyl sites for hydroxylation is 2. The summed E-state index contributed by atoms with van der Waals surface area (Å²) in [4.78, 5) is 9.62. The third-order valence-corrected chi connectivity index (χ3v) is 3.24. The monoisotopic (exact) mass is 233 g/mol. The van der Waals surface area contributed by atoms with Crippen LogP contribution in [0, 0.1) is 13.8 Å². The molecule has 2 rings (SSSR count). The number of thiazole rings is 1. The molecule has 1 unspecified atom stereocenters. The van der Waals surface area contributed by atoms with E-state index in [0.717, 1.165) is 23.4 Å². The predicted molar refractivity (Wildman–Crippen MR) is 66.5 cm³/mol. The zero-order chi connectivity index (χ0) is 11.5. The van der Waals surface area contributed by atoms with Crippen LogP contribution in [0.3, 0.4) is 0 Å². The van der Waals surface area contributed by atoms with Gasteiger partial charge in [-0.2, -0.15) is 0 Å². The smallest absolute Gasteiger partial charge is 0.0794 e. The number of nitrogens with zero attached hydrogens (tertiary/aromatic N) is 2. The van der Waals surface area contributed by atoms with Crippen LogP contribution in [0.25, 0.3) is 0 Å². The average molecular weight is 233 g/mol. The number of rotatable bonds is 3. The Morgan fingerprint density at radius 1 is 1.31 bits per heavy atom. The first-order valence-corrected chi connectivity index (χ1v) is 6.11. The number of hydrogen-bond acceptors (Lipinski definition) is 4. The standard InChI is InChI=1S/C12H15N3S/c1-8-3-10(4-9(2)15-8)12(13)5-11-6-14-7-16-11/h3-4,6-7,12H,5,13H2,1-2H3. The molecule has 0 spiro atoms. The van der Waals surface area contributed by atoms with Crippen molar-refractivity contribution in [3.05, 3.63) is 45.7 Å². The Hall–Kier alpha value is -1.26. The molecule has 2 aromatic heterocycles. The topological polar surface area (TPSA) is 51.8 Å². The molecule has 84 valence electrons. The fraction of sp³-hybridized carbons (Fsp3) is 0.333. The molecule has 4 heteroatoms. The van der Waals surface area contributed by atoms with Gasteiger partial charge < -0.3 is 5.73 Å². The Labute approximate surface area is 99.4 Å². The van der Waals surface area contributed by atoms with Gasteiger partial charge in [-0.05, 0) is 31.5 Å². The molecule has 0 bridgehead atoms. The minimum Gasteiger partial charge on any atom is -0.324 e. The van der Waals surface area contributed by atoms with E-state index in [-0.39, 0.29) is 6.04 Å². The second kappa shape index (κ2) is 4.72. The lowest BCUT2D eigenvalue weighted by molar-refractivity contribution is 0.724. The first-order valence-electron chi connectivity index (χ1n) is 5.23. The molecule has 0 aliphatic rings. The highest BCUT2D eigenvalue weighted by molar-refractivity contribution is 7.09. The van der Waals surface area contributed by atoms with E-state index in [4.69, 9.17) is 5.73 Å². The van der Waals surface area contributed by atoms with Crippen LogP contribution in [-0.2, 0) is 6.42 Å². The van der Waals surface area contributed by atoms with Gasteiger partial charge in [-0.1, -0.05) is 0 Å².